The van der Waals surface area contributed by atoms with Crippen LogP contribution in [0.5, 0.6) is 0 Å². The molecule has 0 spiro atoms. The maximum absolute atomic E-state index is 9.87. The Balaban J connectivity index is 2.33. The van der Waals surface area contributed by atoms with Crippen molar-refractivity contribution in [3.05, 3.63) is 29.8 Å². The number of nitrogen functional groups attached to an aromatic ring is 1. The summed E-state index contributed by atoms with van der Waals surface area (Å²) in [5.41, 5.74) is 7.30. The zero-order valence-corrected chi connectivity index (χ0v) is 9.45. The molecule has 2 nitrogen and oxygen atoms in total. The fourth-order valence-corrected chi connectivity index (χ4v) is 1.65. The molecule has 15 heavy (non-hydrogen) atoms. The topological polar surface area (TPSA) is 46.2 Å². The number of aliphatic hydroxyl groups excluding tert-OH is 1. The van der Waals surface area contributed by atoms with Crippen LogP contribution in [0.4, 0.5) is 5.69 Å². The van der Waals surface area contributed by atoms with E-state index in [0.29, 0.717) is 0 Å². The third-order valence-corrected chi connectivity index (χ3v) is 2.65. The quantitative estimate of drug-likeness (QED) is 0.555. The maximum atomic E-state index is 9.87. The number of aliphatic hydroxyl groups is 1. The van der Waals surface area contributed by atoms with Crippen LogP contribution in [0.15, 0.2) is 24.3 Å². The van der Waals surface area contributed by atoms with Crippen LogP contribution in [0, 0.1) is 0 Å². The number of benzene rings is 1. The molecule has 0 bridgehead atoms. The van der Waals surface area contributed by atoms with Gasteiger partial charge in [-0.15, -0.1) is 0 Å². The first-order valence-corrected chi connectivity index (χ1v) is 5.77. The Bertz CT molecular complexity index is 268. The molecule has 0 aliphatic rings. The maximum Gasteiger partial charge on any atom is 0.0790 e. The molecule has 0 aliphatic heterocycles. The lowest BCUT2D eigenvalue weighted by molar-refractivity contribution is 0.163. The monoisotopic (exact) mass is 207 g/mol. The van der Waals surface area contributed by atoms with Gasteiger partial charge in [-0.05, 0) is 24.1 Å². The molecule has 1 atom stereocenters. The van der Waals surface area contributed by atoms with E-state index in [1.807, 2.05) is 24.3 Å². The number of unbranched alkanes of at least 4 members (excludes halogenated alkanes) is 3. The smallest absolute Gasteiger partial charge is 0.0790 e. The van der Waals surface area contributed by atoms with Crippen molar-refractivity contribution < 1.29 is 5.11 Å². The molecular formula is C13H21NO. The van der Waals surface area contributed by atoms with Crippen molar-refractivity contribution in [3.63, 3.8) is 0 Å². The van der Waals surface area contributed by atoms with Crippen molar-refractivity contribution in [1.29, 1.82) is 0 Å². The lowest BCUT2D eigenvalue weighted by atomic mass is 10.0. The van der Waals surface area contributed by atoms with Crippen LogP contribution in [-0.4, -0.2) is 5.11 Å². The lowest BCUT2D eigenvalue weighted by Crippen LogP contribution is -1.97. The molecular weight excluding hydrogens is 186 g/mol. The van der Waals surface area contributed by atoms with E-state index in [1.165, 1.54) is 19.3 Å². The molecule has 3 N–H and O–H groups in total. The molecule has 1 unspecified atom stereocenters. The van der Waals surface area contributed by atoms with Crippen LogP contribution in [0.2, 0.25) is 0 Å². The summed E-state index contributed by atoms with van der Waals surface area (Å²) in [6.07, 6.45) is 5.32. The van der Waals surface area contributed by atoms with Gasteiger partial charge in [0.25, 0.3) is 0 Å². The molecule has 0 fully saturated rings. The molecule has 0 heterocycles. The highest BCUT2D eigenvalue weighted by Gasteiger charge is 2.06. The zero-order valence-electron chi connectivity index (χ0n) is 9.45. The van der Waals surface area contributed by atoms with Gasteiger partial charge in [-0.2, -0.15) is 0 Å². The van der Waals surface area contributed by atoms with E-state index in [-0.39, 0.29) is 6.10 Å². The molecule has 1 aromatic carbocycles. The first-order chi connectivity index (χ1) is 7.24. The van der Waals surface area contributed by atoms with Gasteiger partial charge in [0, 0.05) is 5.69 Å². The summed E-state index contributed by atoms with van der Waals surface area (Å²) in [6.45, 7) is 2.19. The Morgan fingerprint density at radius 1 is 1.13 bits per heavy atom. The van der Waals surface area contributed by atoms with Crippen LogP contribution in [0.25, 0.3) is 0 Å². The van der Waals surface area contributed by atoms with Crippen molar-refractivity contribution in [2.45, 2.75) is 45.1 Å². The number of hydrogen-bond acceptors (Lipinski definition) is 2. The van der Waals surface area contributed by atoms with Gasteiger partial charge in [-0.25, -0.2) is 0 Å². The number of anilines is 1. The summed E-state index contributed by atoms with van der Waals surface area (Å²) in [5, 5.41) is 9.87. The van der Waals surface area contributed by atoms with E-state index in [2.05, 4.69) is 6.92 Å². The van der Waals surface area contributed by atoms with Crippen LogP contribution < -0.4 is 5.73 Å². The number of nitrogens with two attached hydrogens (primary N) is 1. The van der Waals surface area contributed by atoms with E-state index >= 15 is 0 Å². The fraction of sp³-hybridized carbons (Fsp3) is 0.538. The molecule has 2 heteroatoms. The first-order valence-electron chi connectivity index (χ1n) is 5.77. The van der Waals surface area contributed by atoms with E-state index in [9.17, 15) is 5.11 Å². The second kappa shape index (κ2) is 6.46. The fourth-order valence-electron chi connectivity index (χ4n) is 1.65. The molecule has 84 valence electrons. The van der Waals surface area contributed by atoms with Crippen LogP contribution in [-0.2, 0) is 0 Å². The molecule has 0 amide bonds. The van der Waals surface area contributed by atoms with Gasteiger partial charge in [-0.1, -0.05) is 44.7 Å². The Labute approximate surface area is 92.1 Å². The van der Waals surface area contributed by atoms with Crippen LogP contribution >= 0.6 is 0 Å². The van der Waals surface area contributed by atoms with Crippen LogP contribution in [0.3, 0.4) is 0 Å². The summed E-state index contributed by atoms with van der Waals surface area (Å²) in [6, 6.07) is 7.48. The van der Waals surface area contributed by atoms with Crippen molar-refractivity contribution in [2.24, 2.45) is 0 Å². The standard InChI is InChI=1S/C13H21NO/c1-2-3-4-5-6-13(15)11-7-9-12(14)10-8-11/h7-10,13,15H,2-6,14H2,1H3. The summed E-state index contributed by atoms with van der Waals surface area (Å²) >= 11 is 0. The van der Waals surface area contributed by atoms with Crippen molar-refractivity contribution in [1.82, 2.24) is 0 Å². The molecule has 0 saturated carbocycles. The highest BCUT2D eigenvalue weighted by molar-refractivity contribution is 5.39. The average molecular weight is 207 g/mol. The van der Waals surface area contributed by atoms with E-state index < -0.39 is 0 Å². The number of rotatable bonds is 6. The van der Waals surface area contributed by atoms with Crippen LogP contribution in [0.1, 0.15) is 50.7 Å². The van der Waals surface area contributed by atoms with E-state index in [1.54, 1.807) is 0 Å². The molecule has 0 aromatic heterocycles. The van der Waals surface area contributed by atoms with Gasteiger partial charge in [0.05, 0.1) is 6.10 Å². The number of hydrogen-bond donors (Lipinski definition) is 2. The largest absolute Gasteiger partial charge is 0.399 e. The minimum Gasteiger partial charge on any atom is -0.399 e. The Kier molecular flexibility index (Phi) is 5.19. The van der Waals surface area contributed by atoms with Gasteiger partial charge in [0.2, 0.25) is 0 Å². The summed E-state index contributed by atoms with van der Waals surface area (Å²) in [5.74, 6) is 0. The van der Waals surface area contributed by atoms with E-state index in [4.69, 9.17) is 5.73 Å². The van der Waals surface area contributed by atoms with Crippen molar-refractivity contribution in [3.8, 4) is 0 Å². The minimum absolute atomic E-state index is 0.331. The highest BCUT2D eigenvalue weighted by atomic mass is 16.3. The van der Waals surface area contributed by atoms with Gasteiger partial charge >= 0.3 is 0 Å². The highest BCUT2D eigenvalue weighted by Crippen LogP contribution is 2.20. The van der Waals surface area contributed by atoms with Crippen molar-refractivity contribution in [2.75, 3.05) is 5.73 Å². The van der Waals surface area contributed by atoms with E-state index in [0.717, 1.165) is 24.1 Å². The third-order valence-electron chi connectivity index (χ3n) is 2.65. The molecule has 0 radical (unpaired) electrons. The first kappa shape index (κ1) is 12.1. The average Bonchev–Trinajstić information content (AvgIpc) is 2.25. The minimum atomic E-state index is -0.331. The lowest BCUT2D eigenvalue weighted by Gasteiger charge is -2.10. The van der Waals surface area contributed by atoms with Gasteiger partial charge in [0.1, 0.15) is 0 Å². The molecule has 1 rings (SSSR count). The summed E-state index contributed by atoms with van der Waals surface area (Å²) in [7, 11) is 0. The predicted octanol–water partition coefficient (Wildman–Crippen LogP) is 3.27. The Hall–Kier alpha value is -1.02. The molecule has 0 aliphatic carbocycles. The second-order valence-corrected chi connectivity index (χ2v) is 4.03. The normalized spacial score (nSPS) is 12.7. The summed E-state index contributed by atoms with van der Waals surface area (Å²) in [4.78, 5) is 0. The van der Waals surface area contributed by atoms with Crippen molar-refractivity contribution >= 4 is 5.69 Å². The summed E-state index contributed by atoms with van der Waals surface area (Å²) < 4.78 is 0. The SMILES string of the molecule is CCCCCCC(O)c1ccc(N)cc1. The zero-order chi connectivity index (χ0) is 11.1. The van der Waals surface area contributed by atoms with Gasteiger partial charge < -0.3 is 10.8 Å². The Morgan fingerprint density at radius 3 is 2.40 bits per heavy atom. The predicted molar refractivity (Wildman–Crippen MR) is 64.6 cm³/mol. The molecule has 1 aromatic rings. The Morgan fingerprint density at radius 2 is 1.80 bits per heavy atom. The van der Waals surface area contributed by atoms with Gasteiger partial charge in [0.15, 0.2) is 0 Å². The molecule has 0 saturated heterocycles. The third kappa shape index (κ3) is 4.34. The second-order valence-electron chi connectivity index (χ2n) is 4.03. The van der Waals surface area contributed by atoms with Gasteiger partial charge in [-0.3, -0.25) is 0 Å².